The fourth-order valence-corrected chi connectivity index (χ4v) is 2.57. The van der Waals surface area contributed by atoms with Gasteiger partial charge in [0.15, 0.2) is 0 Å². The molecule has 146 valence electrons. The van der Waals surface area contributed by atoms with Crippen molar-refractivity contribution in [3.05, 3.63) is 65.9 Å². The lowest BCUT2D eigenvalue weighted by molar-refractivity contribution is -0.119. The average Bonchev–Trinajstić information content (AvgIpc) is 2.70. The molecule has 8 nitrogen and oxygen atoms in total. The normalized spacial score (nSPS) is 12.1. The van der Waals surface area contributed by atoms with Crippen LogP contribution >= 0.6 is 0 Å². The van der Waals surface area contributed by atoms with Crippen LogP contribution in [0, 0.1) is 5.41 Å². The highest BCUT2D eigenvalue weighted by atomic mass is 16.5. The molecule has 2 aromatic rings. The van der Waals surface area contributed by atoms with Gasteiger partial charge in [-0.1, -0.05) is 24.3 Å². The van der Waals surface area contributed by atoms with Gasteiger partial charge in [-0.3, -0.25) is 14.9 Å². The van der Waals surface area contributed by atoms with E-state index in [-0.39, 0.29) is 12.5 Å². The summed E-state index contributed by atoms with van der Waals surface area (Å²) in [6.45, 7) is -0.155. The third kappa shape index (κ3) is 5.42. The molecule has 0 radical (unpaired) electrons. The van der Waals surface area contributed by atoms with Crippen LogP contribution in [0.2, 0.25) is 0 Å². The Morgan fingerprint density at radius 1 is 1.21 bits per heavy atom. The maximum absolute atomic E-state index is 12.8. The lowest BCUT2D eigenvalue weighted by Gasteiger charge is -2.19. The lowest BCUT2D eigenvalue weighted by atomic mass is 10.0. The zero-order chi connectivity index (χ0) is 20.5. The zero-order valence-corrected chi connectivity index (χ0v) is 15.4. The van der Waals surface area contributed by atoms with Gasteiger partial charge < -0.3 is 26.9 Å². The van der Waals surface area contributed by atoms with E-state index >= 15 is 0 Å². The fraction of sp³-hybridized carbons (Fsp3) is 0.150. The third-order valence-electron chi connectivity index (χ3n) is 3.99. The number of carbonyl (C=O) groups excluding carboxylic acids is 2. The van der Waals surface area contributed by atoms with Gasteiger partial charge in [0.1, 0.15) is 11.8 Å². The number of ether oxygens (including phenoxy) is 1. The predicted octanol–water partition coefficient (Wildman–Crippen LogP) is 1.40. The summed E-state index contributed by atoms with van der Waals surface area (Å²) in [5.74, 6) is -0.338. The number of rotatable bonds is 9. The summed E-state index contributed by atoms with van der Waals surface area (Å²) in [4.78, 5) is 24.0. The van der Waals surface area contributed by atoms with Gasteiger partial charge >= 0.3 is 0 Å². The average molecular weight is 381 g/mol. The molecule has 8 heteroatoms. The maximum Gasteiger partial charge on any atom is 0.246 e. The van der Waals surface area contributed by atoms with Crippen molar-refractivity contribution in [3.8, 4) is 5.75 Å². The number of methoxy groups -OCH3 is 1. The molecule has 0 saturated heterocycles. The lowest BCUT2D eigenvalue weighted by Crippen LogP contribution is -2.38. The number of primary amides is 1. The van der Waals surface area contributed by atoms with Gasteiger partial charge in [0.05, 0.1) is 13.7 Å². The zero-order valence-electron chi connectivity index (χ0n) is 15.4. The Kier molecular flexibility index (Phi) is 7.29. The van der Waals surface area contributed by atoms with Crippen LogP contribution in [0.5, 0.6) is 5.75 Å². The fourth-order valence-electron chi connectivity index (χ4n) is 2.57. The van der Waals surface area contributed by atoms with E-state index in [1.165, 1.54) is 13.3 Å². The number of amides is 2. The standard InChI is InChI=1S/C20H23N5O3/c1-28-17-4-2-3-14(9-17)19(24-12-18(23)26)20(27)25-16-7-5-13(6-8-16)15(10-21)11-22/h2-11,19,21,24H,12,22H2,1H3,(H2,23,26)(H,25,27)/b15-11+,21-10?. The predicted molar refractivity (Wildman–Crippen MR) is 109 cm³/mol. The first-order valence-electron chi connectivity index (χ1n) is 8.47. The van der Waals surface area contributed by atoms with Crippen molar-refractivity contribution >= 4 is 29.3 Å². The number of anilines is 1. The first-order valence-corrected chi connectivity index (χ1v) is 8.47. The quantitative estimate of drug-likeness (QED) is 0.417. The van der Waals surface area contributed by atoms with Crippen LogP contribution in [0.4, 0.5) is 5.69 Å². The van der Waals surface area contributed by atoms with E-state index in [0.717, 1.165) is 11.8 Å². The minimum atomic E-state index is -0.802. The molecule has 0 fully saturated rings. The highest BCUT2D eigenvalue weighted by molar-refractivity contribution is 6.08. The molecule has 0 aromatic heterocycles. The number of allylic oxidation sites excluding steroid dienone is 1. The number of hydrogen-bond donors (Lipinski definition) is 5. The number of hydrogen-bond acceptors (Lipinski definition) is 6. The van der Waals surface area contributed by atoms with Gasteiger partial charge in [0, 0.05) is 23.7 Å². The molecule has 0 saturated carbocycles. The van der Waals surface area contributed by atoms with E-state index < -0.39 is 11.9 Å². The SMILES string of the molecule is COc1cccc(C(NCC(N)=O)C(=O)Nc2ccc(/C(C=N)=C/N)cc2)c1. The molecule has 0 aliphatic heterocycles. The molecular formula is C20H23N5O3. The Bertz CT molecular complexity index is 878. The first-order chi connectivity index (χ1) is 13.5. The van der Waals surface area contributed by atoms with Crippen LogP contribution in [0.15, 0.2) is 54.7 Å². The molecule has 1 atom stereocenters. The van der Waals surface area contributed by atoms with Crippen LogP contribution < -0.4 is 26.8 Å². The van der Waals surface area contributed by atoms with E-state index in [2.05, 4.69) is 10.6 Å². The molecule has 0 aliphatic carbocycles. The van der Waals surface area contributed by atoms with Crippen molar-refractivity contribution in [3.63, 3.8) is 0 Å². The number of nitrogens with two attached hydrogens (primary N) is 2. The van der Waals surface area contributed by atoms with Crippen molar-refractivity contribution in [2.45, 2.75) is 6.04 Å². The minimum absolute atomic E-state index is 0.155. The van der Waals surface area contributed by atoms with E-state index in [9.17, 15) is 9.59 Å². The monoisotopic (exact) mass is 381 g/mol. The smallest absolute Gasteiger partial charge is 0.246 e. The van der Waals surface area contributed by atoms with Crippen molar-refractivity contribution in [1.82, 2.24) is 5.32 Å². The van der Waals surface area contributed by atoms with Crippen LogP contribution in [0.25, 0.3) is 5.57 Å². The molecule has 0 aliphatic rings. The first kappa shape index (κ1) is 20.7. The Morgan fingerprint density at radius 3 is 2.50 bits per heavy atom. The van der Waals surface area contributed by atoms with Gasteiger partial charge in [-0.15, -0.1) is 0 Å². The summed E-state index contributed by atoms with van der Waals surface area (Å²) in [6.07, 6.45) is 2.49. The van der Waals surface area contributed by atoms with Crippen LogP contribution in [0.1, 0.15) is 17.2 Å². The Morgan fingerprint density at radius 2 is 1.93 bits per heavy atom. The topological polar surface area (TPSA) is 143 Å². The number of carbonyl (C=O) groups is 2. The van der Waals surface area contributed by atoms with Crippen molar-refractivity contribution in [2.24, 2.45) is 11.5 Å². The second kappa shape index (κ2) is 9.89. The molecule has 2 rings (SSSR count). The Hall–Kier alpha value is -3.65. The molecule has 0 heterocycles. The third-order valence-corrected chi connectivity index (χ3v) is 3.99. The van der Waals surface area contributed by atoms with E-state index in [1.54, 1.807) is 48.5 Å². The van der Waals surface area contributed by atoms with Crippen molar-refractivity contribution in [1.29, 1.82) is 5.41 Å². The Labute approximate surface area is 163 Å². The Balaban J connectivity index is 2.21. The molecule has 0 spiro atoms. The molecule has 2 amide bonds. The molecule has 0 bridgehead atoms. The van der Waals surface area contributed by atoms with E-state index in [4.69, 9.17) is 21.6 Å². The summed E-state index contributed by atoms with van der Waals surface area (Å²) in [5.41, 5.74) is 13.2. The molecule has 7 N–H and O–H groups in total. The van der Waals surface area contributed by atoms with Gasteiger partial charge in [-0.25, -0.2) is 0 Å². The molecule has 28 heavy (non-hydrogen) atoms. The van der Waals surface area contributed by atoms with E-state index in [0.29, 0.717) is 22.6 Å². The second-order valence-electron chi connectivity index (χ2n) is 5.89. The summed E-state index contributed by atoms with van der Waals surface area (Å²) < 4.78 is 5.20. The van der Waals surface area contributed by atoms with Crippen molar-refractivity contribution in [2.75, 3.05) is 19.0 Å². The van der Waals surface area contributed by atoms with E-state index in [1.807, 2.05) is 0 Å². The molecule has 1 unspecified atom stereocenters. The van der Waals surface area contributed by atoms with Gasteiger partial charge in [0.2, 0.25) is 11.8 Å². The number of nitrogens with one attached hydrogen (secondary N) is 3. The minimum Gasteiger partial charge on any atom is -0.497 e. The maximum atomic E-state index is 12.8. The van der Waals surface area contributed by atoms with Crippen LogP contribution in [-0.4, -0.2) is 31.7 Å². The van der Waals surface area contributed by atoms with Crippen LogP contribution in [0.3, 0.4) is 0 Å². The van der Waals surface area contributed by atoms with Gasteiger partial charge in [0.25, 0.3) is 0 Å². The summed E-state index contributed by atoms with van der Waals surface area (Å²) >= 11 is 0. The second-order valence-corrected chi connectivity index (χ2v) is 5.89. The van der Waals surface area contributed by atoms with Crippen molar-refractivity contribution < 1.29 is 14.3 Å². The number of benzene rings is 2. The largest absolute Gasteiger partial charge is 0.497 e. The molecule has 2 aromatic carbocycles. The van der Waals surface area contributed by atoms with Gasteiger partial charge in [-0.05, 0) is 35.4 Å². The van der Waals surface area contributed by atoms with Gasteiger partial charge in [-0.2, -0.15) is 0 Å². The summed E-state index contributed by atoms with van der Waals surface area (Å²) in [6, 6.07) is 13.1. The van der Waals surface area contributed by atoms with Crippen LogP contribution in [-0.2, 0) is 9.59 Å². The molecular weight excluding hydrogens is 358 g/mol. The highest BCUT2D eigenvalue weighted by Crippen LogP contribution is 2.22. The highest BCUT2D eigenvalue weighted by Gasteiger charge is 2.21. The summed E-state index contributed by atoms with van der Waals surface area (Å²) in [7, 11) is 1.53. The summed E-state index contributed by atoms with van der Waals surface area (Å²) in [5, 5.41) is 13.0.